The molecule has 6 heteroatoms. The monoisotopic (exact) mass is 322 g/mol. The van der Waals surface area contributed by atoms with Crippen molar-refractivity contribution in [2.75, 3.05) is 10.6 Å². The first-order valence-corrected chi connectivity index (χ1v) is 7.05. The first-order chi connectivity index (χ1) is 10.4. The van der Waals surface area contributed by atoms with Crippen LogP contribution >= 0.6 is 12.2 Å². The molecule has 2 N–H and O–H groups in total. The van der Waals surface area contributed by atoms with Gasteiger partial charge < -0.3 is 15.4 Å². The van der Waals surface area contributed by atoms with Gasteiger partial charge in [-0.15, -0.1) is 0 Å². The number of halogens is 2. The molecular weight excluding hydrogens is 306 g/mol. The van der Waals surface area contributed by atoms with E-state index in [9.17, 15) is 8.78 Å². The summed E-state index contributed by atoms with van der Waals surface area (Å²) < 4.78 is 28.4. The van der Waals surface area contributed by atoms with Gasteiger partial charge in [-0.1, -0.05) is 6.07 Å². The van der Waals surface area contributed by atoms with Crippen LogP contribution in [0.1, 0.15) is 11.1 Å². The van der Waals surface area contributed by atoms with Crippen LogP contribution < -0.4 is 15.4 Å². The number of nitrogens with one attached hydrogen (secondary N) is 2. The van der Waals surface area contributed by atoms with E-state index in [2.05, 4.69) is 15.4 Å². The van der Waals surface area contributed by atoms with Crippen molar-refractivity contribution in [1.82, 2.24) is 0 Å². The Hall–Kier alpha value is -2.21. The largest absolute Gasteiger partial charge is 0.435 e. The van der Waals surface area contributed by atoms with Gasteiger partial charge >= 0.3 is 6.61 Å². The second kappa shape index (κ2) is 7.17. The van der Waals surface area contributed by atoms with E-state index < -0.39 is 6.61 Å². The van der Waals surface area contributed by atoms with E-state index in [4.69, 9.17) is 12.2 Å². The van der Waals surface area contributed by atoms with Crippen LogP contribution in [0.5, 0.6) is 5.75 Å². The zero-order valence-electron chi connectivity index (χ0n) is 12.2. The van der Waals surface area contributed by atoms with Crippen LogP contribution in [0.2, 0.25) is 0 Å². The van der Waals surface area contributed by atoms with Gasteiger partial charge in [0.05, 0.1) is 0 Å². The van der Waals surface area contributed by atoms with Crippen molar-refractivity contribution in [2.45, 2.75) is 20.5 Å². The molecule has 0 heterocycles. The Bertz CT molecular complexity index is 660. The second-order valence-corrected chi connectivity index (χ2v) is 5.19. The van der Waals surface area contributed by atoms with Gasteiger partial charge in [-0.3, -0.25) is 0 Å². The van der Waals surface area contributed by atoms with E-state index in [0.717, 1.165) is 5.69 Å². The topological polar surface area (TPSA) is 33.3 Å². The van der Waals surface area contributed by atoms with Crippen molar-refractivity contribution >= 4 is 28.7 Å². The standard InChI is InChI=1S/C16H16F2N2OS/c1-10-3-4-13(9-11(10)2)20-16(22)19-12-5-7-14(8-6-12)21-15(17)18/h3-9,15H,1-2H3,(H2,19,20,22). The fourth-order valence-electron chi connectivity index (χ4n) is 1.83. The Balaban J connectivity index is 1.95. The van der Waals surface area contributed by atoms with Crippen molar-refractivity contribution in [3.05, 3.63) is 53.6 Å². The van der Waals surface area contributed by atoms with E-state index in [1.807, 2.05) is 32.0 Å². The number of hydrogen-bond donors (Lipinski definition) is 2. The lowest BCUT2D eigenvalue weighted by Gasteiger charge is -2.12. The Morgan fingerprint density at radius 2 is 1.55 bits per heavy atom. The SMILES string of the molecule is Cc1ccc(NC(=S)Nc2ccc(OC(F)F)cc2)cc1C. The maximum Gasteiger partial charge on any atom is 0.387 e. The van der Waals surface area contributed by atoms with Crippen molar-refractivity contribution in [3.63, 3.8) is 0 Å². The molecule has 0 fully saturated rings. The molecule has 0 aliphatic heterocycles. The minimum Gasteiger partial charge on any atom is -0.435 e. The molecule has 0 unspecified atom stereocenters. The fraction of sp³-hybridized carbons (Fsp3) is 0.188. The molecule has 0 spiro atoms. The molecule has 0 saturated carbocycles. The molecule has 116 valence electrons. The van der Waals surface area contributed by atoms with Gasteiger partial charge in [0.25, 0.3) is 0 Å². The molecule has 2 rings (SSSR count). The molecule has 0 aliphatic rings. The smallest absolute Gasteiger partial charge is 0.387 e. The molecule has 0 saturated heterocycles. The van der Waals surface area contributed by atoms with Crippen molar-refractivity contribution in [2.24, 2.45) is 0 Å². The zero-order chi connectivity index (χ0) is 16.1. The summed E-state index contributed by atoms with van der Waals surface area (Å²) in [6, 6.07) is 12.1. The normalized spacial score (nSPS) is 10.4. The molecule has 22 heavy (non-hydrogen) atoms. The highest BCUT2D eigenvalue weighted by atomic mass is 32.1. The lowest BCUT2D eigenvalue weighted by Crippen LogP contribution is -2.19. The summed E-state index contributed by atoms with van der Waals surface area (Å²) in [7, 11) is 0. The third kappa shape index (κ3) is 4.66. The van der Waals surface area contributed by atoms with Gasteiger partial charge in [0, 0.05) is 11.4 Å². The molecule has 0 radical (unpaired) electrons. The maximum atomic E-state index is 12.1. The molecule has 2 aromatic carbocycles. The maximum absolute atomic E-state index is 12.1. The average molecular weight is 322 g/mol. The van der Waals surface area contributed by atoms with E-state index in [-0.39, 0.29) is 5.75 Å². The predicted octanol–water partition coefficient (Wildman–Crippen LogP) is 4.71. The Morgan fingerprint density at radius 3 is 2.14 bits per heavy atom. The third-order valence-electron chi connectivity index (χ3n) is 3.10. The van der Waals surface area contributed by atoms with E-state index >= 15 is 0 Å². The van der Waals surface area contributed by atoms with Crippen LogP contribution in [0.3, 0.4) is 0 Å². The van der Waals surface area contributed by atoms with E-state index in [1.165, 1.54) is 23.3 Å². The number of ether oxygens (including phenoxy) is 1. The summed E-state index contributed by atoms with van der Waals surface area (Å²) in [5.74, 6) is 0.105. The van der Waals surface area contributed by atoms with Crippen LogP contribution in [0, 0.1) is 13.8 Å². The van der Waals surface area contributed by atoms with Gasteiger partial charge in [0.2, 0.25) is 0 Å². The minimum absolute atomic E-state index is 0.105. The number of anilines is 2. The highest BCUT2D eigenvalue weighted by Gasteiger charge is 2.04. The Morgan fingerprint density at radius 1 is 0.955 bits per heavy atom. The molecule has 0 bridgehead atoms. The summed E-state index contributed by atoms with van der Waals surface area (Å²) >= 11 is 5.22. The Labute approximate surface area is 133 Å². The summed E-state index contributed by atoms with van der Waals surface area (Å²) in [4.78, 5) is 0. The lowest BCUT2D eigenvalue weighted by atomic mass is 10.1. The molecular formula is C16H16F2N2OS. The van der Waals surface area contributed by atoms with E-state index in [0.29, 0.717) is 10.8 Å². The summed E-state index contributed by atoms with van der Waals surface area (Å²) in [5, 5.41) is 6.48. The van der Waals surface area contributed by atoms with Crippen LogP contribution in [-0.4, -0.2) is 11.7 Å². The van der Waals surface area contributed by atoms with Crippen LogP contribution in [-0.2, 0) is 0 Å². The molecule has 3 nitrogen and oxygen atoms in total. The fourth-order valence-corrected chi connectivity index (χ4v) is 2.07. The van der Waals surface area contributed by atoms with Gasteiger partial charge in [0.15, 0.2) is 5.11 Å². The van der Waals surface area contributed by atoms with Gasteiger partial charge in [-0.05, 0) is 73.6 Å². The quantitative estimate of drug-likeness (QED) is 0.799. The number of thiocarbonyl (C=S) groups is 1. The second-order valence-electron chi connectivity index (χ2n) is 4.78. The lowest BCUT2D eigenvalue weighted by molar-refractivity contribution is -0.0498. The zero-order valence-corrected chi connectivity index (χ0v) is 13.0. The van der Waals surface area contributed by atoms with Crippen LogP contribution in [0.15, 0.2) is 42.5 Å². The predicted molar refractivity (Wildman–Crippen MR) is 88.8 cm³/mol. The van der Waals surface area contributed by atoms with Gasteiger partial charge in [-0.2, -0.15) is 8.78 Å². The molecule has 0 atom stereocenters. The molecule has 0 amide bonds. The Kier molecular flexibility index (Phi) is 5.27. The van der Waals surface area contributed by atoms with E-state index in [1.54, 1.807) is 12.1 Å². The summed E-state index contributed by atoms with van der Waals surface area (Å²) in [5.41, 5.74) is 3.95. The number of hydrogen-bond acceptors (Lipinski definition) is 2. The average Bonchev–Trinajstić information content (AvgIpc) is 2.44. The first kappa shape index (κ1) is 16.2. The summed E-state index contributed by atoms with van der Waals surface area (Å²) in [6.07, 6.45) is 0. The highest BCUT2D eigenvalue weighted by molar-refractivity contribution is 7.80. The molecule has 0 aliphatic carbocycles. The minimum atomic E-state index is -2.83. The first-order valence-electron chi connectivity index (χ1n) is 6.64. The van der Waals surface area contributed by atoms with Crippen LogP contribution in [0.25, 0.3) is 0 Å². The summed E-state index contributed by atoms with van der Waals surface area (Å²) in [6.45, 7) is 1.24. The molecule has 2 aromatic rings. The number of rotatable bonds is 4. The van der Waals surface area contributed by atoms with Crippen molar-refractivity contribution < 1.29 is 13.5 Å². The van der Waals surface area contributed by atoms with Crippen molar-refractivity contribution in [1.29, 1.82) is 0 Å². The third-order valence-corrected chi connectivity index (χ3v) is 3.31. The van der Waals surface area contributed by atoms with Crippen LogP contribution in [0.4, 0.5) is 20.2 Å². The van der Waals surface area contributed by atoms with Gasteiger partial charge in [-0.25, -0.2) is 0 Å². The van der Waals surface area contributed by atoms with Crippen molar-refractivity contribution in [3.8, 4) is 5.75 Å². The number of alkyl halides is 2. The highest BCUT2D eigenvalue weighted by Crippen LogP contribution is 2.18. The van der Waals surface area contributed by atoms with Gasteiger partial charge in [0.1, 0.15) is 5.75 Å². The molecule has 0 aromatic heterocycles. The number of benzene rings is 2. The number of aryl methyl sites for hydroxylation is 2.